The highest BCUT2D eigenvalue weighted by Gasteiger charge is 2.03. The van der Waals surface area contributed by atoms with E-state index in [4.69, 9.17) is 5.73 Å². The molecule has 24 heavy (non-hydrogen) atoms. The first-order chi connectivity index (χ1) is 11.7. The Bertz CT molecular complexity index is 773. The Morgan fingerprint density at radius 2 is 1.04 bits per heavy atom. The van der Waals surface area contributed by atoms with Crippen molar-refractivity contribution in [3.8, 4) is 0 Å². The number of carbonyl (C=O) groups excluding carboxylic acids is 2. The molecular weight excluding hydrogens is 300 g/mol. The van der Waals surface area contributed by atoms with Crippen LogP contribution in [0.15, 0.2) is 91.0 Å². The Morgan fingerprint density at radius 3 is 1.46 bits per heavy atom. The van der Waals surface area contributed by atoms with Crippen molar-refractivity contribution in [2.75, 3.05) is 5.32 Å². The van der Waals surface area contributed by atoms with Crippen LogP contribution in [0.25, 0.3) is 0 Å². The van der Waals surface area contributed by atoms with Crippen LogP contribution >= 0.6 is 0 Å². The molecular formula is C20H18N2O2. The average molecular weight is 318 g/mol. The van der Waals surface area contributed by atoms with Crippen LogP contribution in [0.2, 0.25) is 0 Å². The highest BCUT2D eigenvalue weighted by molar-refractivity contribution is 6.04. The van der Waals surface area contributed by atoms with Crippen LogP contribution in [0.3, 0.4) is 0 Å². The van der Waals surface area contributed by atoms with Gasteiger partial charge in [0, 0.05) is 16.8 Å². The molecule has 0 radical (unpaired) electrons. The van der Waals surface area contributed by atoms with Gasteiger partial charge in [0.1, 0.15) is 0 Å². The number of nitrogens with one attached hydrogen (secondary N) is 1. The van der Waals surface area contributed by atoms with E-state index in [1.807, 2.05) is 54.6 Å². The van der Waals surface area contributed by atoms with Crippen LogP contribution in [-0.4, -0.2) is 11.8 Å². The van der Waals surface area contributed by atoms with Gasteiger partial charge >= 0.3 is 0 Å². The molecule has 0 aliphatic carbocycles. The Morgan fingerprint density at radius 1 is 0.625 bits per heavy atom. The van der Waals surface area contributed by atoms with Gasteiger partial charge in [-0.1, -0.05) is 54.6 Å². The third-order valence-electron chi connectivity index (χ3n) is 3.13. The highest BCUT2D eigenvalue weighted by atomic mass is 16.2. The summed E-state index contributed by atoms with van der Waals surface area (Å²) in [7, 11) is 0. The topological polar surface area (TPSA) is 72.2 Å². The van der Waals surface area contributed by atoms with Crippen molar-refractivity contribution >= 4 is 17.5 Å². The van der Waals surface area contributed by atoms with Gasteiger partial charge in [-0.25, -0.2) is 0 Å². The molecule has 120 valence electrons. The van der Waals surface area contributed by atoms with Crippen LogP contribution in [0, 0.1) is 0 Å². The average Bonchev–Trinajstić information content (AvgIpc) is 2.64. The summed E-state index contributed by atoms with van der Waals surface area (Å²) < 4.78 is 0. The number of anilines is 1. The van der Waals surface area contributed by atoms with E-state index in [-0.39, 0.29) is 11.8 Å². The smallest absolute Gasteiger partial charge is 0.255 e. The number of nitrogens with two attached hydrogens (primary N) is 1. The molecule has 4 heteroatoms. The van der Waals surface area contributed by atoms with Gasteiger partial charge in [-0.15, -0.1) is 0 Å². The molecule has 3 aromatic rings. The second-order valence-electron chi connectivity index (χ2n) is 4.92. The molecule has 0 atom stereocenters. The molecule has 0 heterocycles. The predicted octanol–water partition coefficient (Wildman–Crippen LogP) is 3.72. The molecule has 3 aromatic carbocycles. The lowest BCUT2D eigenvalue weighted by Crippen LogP contribution is -2.11. The van der Waals surface area contributed by atoms with Crippen molar-refractivity contribution in [2.24, 2.45) is 5.73 Å². The Hall–Kier alpha value is -3.40. The quantitative estimate of drug-likeness (QED) is 0.772. The molecule has 2 amide bonds. The second kappa shape index (κ2) is 8.90. The molecule has 4 nitrogen and oxygen atoms in total. The van der Waals surface area contributed by atoms with Crippen molar-refractivity contribution in [1.29, 1.82) is 0 Å². The third kappa shape index (κ3) is 5.42. The summed E-state index contributed by atoms with van der Waals surface area (Å²) in [4.78, 5) is 22.1. The van der Waals surface area contributed by atoms with Crippen LogP contribution < -0.4 is 11.1 Å². The number of hydrogen-bond acceptors (Lipinski definition) is 2. The lowest BCUT2D eigenvalue weighted by atomic mass is 10.2. The van der Waals surface area contributed by atoms with Crippen molar-refractivity contribution < 1.29 is 9.59 Å². The monoisotopic (exact) mass is 318 g/mol. The first kappa shape index (κ1) is 17.0. The van der Waals surface area contributed by atoms with Gasteiger partial charge in [-0.2, -0.15) is 0 Å². The summed E-state index contributed by atoms with van der Waals surface area (Å²) in [5.74, 6) is -0.461. The molecule has 0 spiro atoms. The van der Waals surface area contributed by atoms with E-state index in [0.29, 0.717) is 11.1 Å². The van der Waals surface area contributed by atoms with E-state index in [1.54, 1.807) is 36.4 Å². The summed E-state index contributed by atoms with van der Waals surface area (Å²) in [5, 5.41) is 2.82. The minimum Gasteiger partial charge on any atom is -0.366 e. The number of para-hydroxylation sites is 1. The minimum atomic E-state index is -0.379. The molecule has 0 fully saturated rings. The van der Waals surface area contributed by atoms with Crippen molar-refractivity contribution in [3.63, 3.8) is 0 Å². The lowest BCUT2D eigenvalue weighted by Gasteiger charge is -2.03. The fourth-order valence-corrected chi connectivity index (χ4v) is 1.92. The van der Waals surface area contributed by atoms with E-state index in [0.717, 1.165) is 5.69 Å². The zero-order chi connectivity index (χ0) is 17.2. The maximum Gasteiger partial charge on any atom is 0.255 e. The zero-order valence-electron chi connectivity index (χ0n) is 13.1. The summed E-state index contributed by atoms with van der Waals surface area (Å²) in [6.07, 6.45) is 0. The molecule has 0 aliphatic rings. The third-order valence-corrected chi connectivity index (χ3v) is 3.13. The van der Waals surface area contributed by atoms with E-state index < -0.39 is 0 Å². The van der Waals surface area contributed by atoms with E-state index >= 15 is 0 Å². The van der Waals surface area contributed by atoms with Gasteiger partial charge in [0.25, 0.3) is 5.91 Å². The molecule has 0 aromatic heterocycles. The Labute approximate surface area is 140 Å². The summed E-state index contributed by atoms with van der Waals surface area (Å²) in [6, 6.07) is 27.3. The standard InChI is InChI=1S/C13H11NO.C7H7NO/c15-13(11-7-3-1-4-8-11)14-12-9-5-2-6-10-12;8-7(9)6-4-2-1-3-5-6/h1-10H,(H,14,15);1-5H,(H2,8,9). The Kier molecular flexibility index (Phi) is 6.29. The maximum absolute atomic E-state index is 11.7. The van der Waals surface area contributed by atoms with Crippen molar-refractivity contribution in [2.45, 2.75) is 0 Å². The minimum absolute atomic E-state index is 0.0817. The lowest BCUT2D eigenvalue weighted by molar-refractivity contribution is 0.0997. The van der Waals surface area contributed by atoms with Crippen LogP contribution in [0.4, 0.5) is 5.69 Å². The van der Waals surface area contributed by atoms with Gasteiger partial charge < -0.3 is 11.1 Å². The zero-order valence-corrected chi connectivity index (χ0v) is 13.1. The summed E-state index contributed by atoms with van der Waals surface area (Å²) >= 11 is 0. The van der Waals surface area contributed by atoms with Gasteiger partial charge in [-0.05, 0) is 36.4 Å². The molecule has 0 saturated carbocycles. The van der Waals surface area contributed by atoms with Crippen molar-refractivity contribution in [1.82, 2.24) is 0 Å². The number of rotatable bonds is 3. The molecule has 3 N–H and O–H groups in total. The predicted molar refractivity (Wildman–Crippen MR) is 95.8 cm³/mol. The highest BCUT2D eigenvalue weighted by Crippen LogP contribution is 2.08. The van der Waals surface area contributed by atoms with E-state index in [2.05, 4.69) is 5.32 Å². The first-order valence-electron chi connectivity index (χ1n) is 7.43. The number of carbonyl (C=O) groups is 2. The number of amides is 2. The molecule has 0 unspecified atom stereocenters. The fraction of sp³-hybridized carbons (Fsp3) is 0. The van der Waals surface area contributed by atoms with Crippen LogP contribution in [-0.2, 0) is 0 Å². The van der Waals surface area contributed by atoms with E-state index in [1.165, 1.54) is 0 Å². The van der Waals surface area contributed by atoms with Gasteiger partial charge in [-0.3, -0.25) is 9.59 Å². The second-order valence-corrected chi connectivity index (χ2v) is 4.92. The SMILES string of the molecule is NC(=O)c1ccccc1.O=C(Nc1ccccc1)c1ccccc1. The first-order valence-corrected chi connectivity index (χ1v) is 7.43. The molecule has 3 rings (SSSR count). The van der Waals surface area contributed by atoms with Crippen LogP contribution in [0.1, 0.15) is 20.7 Å². The van der Waals surface area contributed by atoms with Crippen LogP contribution in [0.5, 0.6) is 0 Å². The fourth-order valence-electron chi connectivity index (χ4n) is 1.92. The number of hydrogen-bond donors (Lipinski definition) is 2. The maximum atomic E-state index is 11.7. The molecule has 0 aliphatic heterocycles. The summed E-state index contributed by atoms with van der Waals surface area (Å²) in [5.41, 5.74) is 7.01. The van der Waals surface area contributed by atoms with Gasteiger partial charge in [0.05, 0.1) is 0 Å². The summed E-state index contributed by atoms with van der Waals surface area (Å²) in [6.45, 7) is 0. The van der Waals surface area contributed by atoms with E-state index in [9.17, 15) is 9.59 Å². The van der Waals surface area contributed by atoms with Gasteiger partial charge in [0.2, 0.25) is 5.91 Å². The number of primary amides is 1. The normalized spacial score (nSPS) is 9.33. The number of benzene rings is 3. The Balaban J connectivity index is 0.000000198. The van der Waals surface area contributed by atoms with Crippen molar-refractivity contribution in [3.05, 3.63) is 102 Å². The largest absolute Gasteiger partial charge is 0.366 e. The van der Waals surface area contributed by atoms with Gasteiger partial charge in [0.15, 0.2) is 0 Å². The molecule has 0 saturated heterocycles. The molecule has 0 bridgehead atoms.